The lowest BCUT2D eigenvalue weighted by Crippen LogP contribution is -2.12. The maximum absolute atomic E-state index is 13.0. The number of Topliss-reactive ketones (excluding diaryl/α,β-unsaturated/α-hetero) is 1. The van der Waals surface area contributed by atoms with E-state index in [-0.39, 0.29) is 16.4 Å². The molecule has 1 rings (SSSR count). The molecule has 1 atom stereocenters. The van der Waals surface area contributed by atoms with E-state index in [0.717, 1.165) is 0 Å². The summed E-state index contributed by atoms with van der Waals surface area (Å²) in [5, 5.41) is 0. The van der Waals surface area contributed by atoms with E-state index in [1.807, 2.05) is 0 Å². The van der Waals surface area contributed by atoms with Gasteiger partial charge in [-0.25, -0.2) is 4.39 Å². The molecule has 0 saturated heterocycles. The average molecular weight is 245 g/mol. The van der Waals surface area contributed by atoms with Gasteiger partial charge in [-0.15, -0.1) is 0 Å². The molecule has 70 valence electrons. The highest BCUT2D eigenvalue weighted by Gasteiger charge is 2.15. The van der Waals surface area contributed by atoms with Crippen LogP contribution in [0.2, 0.25) is 0 Å². The molecule has 0 radical (unpaired) electrons. The van der Waals surface area contributed by atoms with Crippen molar-refractivity contribution in [3.05, 3.63) is 35.1 Å². The summed E-state index contributed by atoms with van der Waals surface area (Å²) in [5.41, 5.74) is 0.864. The zero-order valence-corrected chi connectivity index (χ0v) is 9.06. The highest BCUT2D eigenvalue weighted by Crippen LogP contribution is 2.16. The second kappa shape index (κ2) is 4.01. The Morgan fingerprint density at radius 1 is 1.54 bits per heavy atom. The Balaban J connectivity index is 3.15. The van der Waals surface area contributed by atoms with Gasteiger partial charge in [-0.05, 0) is 25.5 Å². The van der Waals surface area contributed by atoms with Crippen molar-refractivity contribution < 1.29 is 9.18 Å². The Kier molecular flexibility index (Phi) is 3.20. The number of rotatable bonds is 2. The fourth-order valence-electron chi connectivity index (χ4n) is 1.09. The number of carbonyl (C=O) groups is 1. The first-order valence-corrected chi connectivity index (χ1v) is 4.89. The first-order chi connectivity index (χ1) is 6.04. The zero-order chi connectivity index (χ0) is 10.0. The number of alkyl halides is 1. The Bertz CT molecular complexity index is 334. The van der Waals surface area contributed by atoms with E-state index in [4.69, 9.17) is 0 Å². The van der Waals surface area contributed by atoms with Crippen molar-refractivity contribution in [1.82, 2.24) is 0 Å². The second-order valence-corrected chi connectivity index (χ2v) is 4.27. The molecule has 13 heavy (non-hydrogen) atoms. The summed E-state index contributed by atoms with van der Waals surface area (Å²) < 4.78 is 13.0. The minimum Gasteiger partial charge on any atom is -0.293 e. The third-order valence-electron chi connectivity index (χ3n) is 1.89. The van der Waals surface area contributed by atoms with Gasteiger partial charge in [-0.3, -0.25) is 4.79 Å². The Morgan fingerprint density at radius 3 is 2.69 bits per heavy atom. The Hall–Kier alpha value is -0.700. The van der Waals surface area contributed by atoms with Crippen LogP contribution in [-0.4, -0.2) is 10.6 Å². The van der Waals surface area contributed by atoms with Crippen molar-refractivity contribution >= 4 is 21.7 Å². The highest BCUT2D eigenvalue weighted by atomic mass is 79.9. The van der Waals surface area contributed by atoms with Gasteiger partial charge in [0.05, 0.1) is 4.83 Å². The number of carbonyl (C=O) groups excluding carboxylic acids is 1. The summed E-state index contributed by atoms with van der Waals surface area (Å²) in [4.78, 5) is 11.2. The largest absolute Gasteiger partial charge is 0.293 e. The van der Waals surface area contributed by atoms with Gasteiger partial charge in [-0.1, -0.05) is 28.1 Å². The zero-order valence-electron chi connectivity index (χ0n) is 7.47. The van der Waals surface area contributed by atoms with Gasteiger partial charge in [0.1, 0.15) is 5.82 Å². The standard InChI is InChI=1S/C10H10BrFO/c1-6-8(10(13)7(2)11)4-3-5-9(6)12/h3-5,7H,1-2H3. The lowest BCUT2D eigenvalue weighted by Gasteiger charge is -2.06. The number of hydrogen-bond acceptors (Lipinski definition) is 1. The van der Waals surface area contributed by atoms with Crippen LogP contribution in [0.1, 0.15) is 22.8 Å². The normalized spacial score (nSPS) is 12.6. The minimum absolute atomic E-state index is 0.0861. The lowest BCUT2D eigenvalue weighted by atomic mass is 10.0. The summed E-state index contributed by atoms with van der Waals surface area (Å²) in [6.45, 7) is 3.34. The van der Waals surface area contributed by atoms with Crippen molar-refractivity contribution in [3.8, 4) is 0 Å². The molecule has 0 aliphatic rings. The van der Waals surface area contributed by atoms with E-state index in [9.17, 15) is 9.18 Å². The number of halogens is 2. The second-order valence-electron chi connectivity index (χ2n) is 2.89. The van der Waals surface area contributed by atoms with Gasteiger partial charge in [0.15, 0.2) is 5.78 Å². The smallest absolute Gasteiger partial charge is 0.176 e. The molecule has 1 nitrogen and oxygen atoms in total. The predicted molar refractivity (Wildman–Crippen MR) is 53.9 cm³/mol. The molecule has 1 aromatic rings. The fourth-order valence-corrected chi connectivity index (χ4v) is 1.34. The maximum atomic E-state index is 13.0. The third-order valence-corrected chi connectivity index (χ3v) is 2.31. The van der Waals surface area contributed by atoms with E-state index in [1.54, 1.807) is 26.0 Å². The van der Waals surface area contributed by atoms with E-state index in [0.29, 0.717) is 11.1 Å². The summed E-state index contributed by atoms with van der Waals surface area (Å²) >= 11 is 3.16. The molecule has 0 heterocycles. The first kappa shape index (κ1) is 10.4. The fraction of sp³-hybridized carbons (Fsp3) is 0.300. The molecule has 1 unspecified atom stereocenters. The van der Waals surface area contributed by atoms with Crippen molar-refractivity contribution in [3.63, 3.8) is 0 Å². The summed E-state index contributed by atoms with van der Waals surface area (Å²) in [5.74, 6) is -0.420. The van der Waals surface area contributed by atoms with E-state index < -0.39 is 0 Å². The first-order valence-electron chi connectivity index (χ1n) is 3.97. The van der Waals surface area contributed by atoms with Crippen LogP contribution in [0.3, 0.4) is 0 Å². The van der Waals surface area contributed by atoms with E-state index in [2.05, 4.69) is 15.9 Å². The van der Waals surface area contributed by atoms with Crippen molar-refractivity contribution in [2.45, 2.75) is 18.7 Å². The molecule has 0 spiro atoms. The van der Waals surface area contributed by atoms with Crippen LogP contribution in [0, 0.1) is 12.7 Å². The van der Waals surface area contributed by atoms with Crippen molar-refractivity contribution in [2.75, 3.05) is 0 Å². The maximum Gasteiger partial charge on any atom is 0.176 e. The summed E-state index contributed by atoms with van der Waals surface area (Å²) in [6.07, 6.45) is 0. The van der Waals surface area contributed by atoms with Crippen LogP contribution in [-0.2, 0) is 0 Å². The Morgan fingerprint density at radius 2 is 2.15 bits per heavy atom. The molecular formula is C10H10BrFO. The molecule has 3 heteroatoms. The van der Waals surface area contributed by atoms with E-state index in [1.165, 1.54) is 6.07 Å². The molecule has 0 aliphatic heterocycles. The van der Waals surface area contributed by atoms with Gasteiger partial charge < -0.3 is 0 Å². The minimum atomic E-state index is -0.334. The topological polar surface area (TPSA) is 17.1 Å². The van der Waals surface area contributed by atoms with Crippen molar-refractivity contribution in [1.29, 1.82) is 0 Å². The molecule has 0 aromatic heterocycles. The molecule has 0 fully saturated rings. The van der Waals surface area contributed by atoms with Gasteiger partial charge in [0.2, 0.25) is 0 Å². The molecule has 0 N–H and O–H groups in total. The quantitative estimate of drug-likeness (QED) is 0.578. The molecule has 1 aromatic carbocycles. The molecule has 0 amide bonds. The van der Waals surface area contributed by atoms with Crippen LogP contribution in [0.25, 0.3) is 0 Å². The van der Waals surface area contributed by atoms with Crippen molar-refractivity contribution in [2.24, 2.45) is 0 Å². The molecule has 0 bridgehead atoms. The molecule has 0 saturated carbocycles. The molecular weight excluding hydrogens is 235 g/mol. The summed E-state index contributed by atoms with van der Waals surface area (Å²) in [6, 6.07) is 4.54. The number of ketones is 1. The predicted octanol–water partition coefficient (Wildman–Crippen LogP) is 3.10. The van der Waals surface area contributed by atoms with Gasteiger partial charge >= 0.3 is 0 Å². The van der Waals surface area contributed by atoms with Crippen LogP contribution >= 0.6 is 15.9 Å². The van der Waals surface area contributed by atoms with Gasteiger partial charge in [-0.2, -0.15) is 0 Å². The van der Waals surface area contributed by atoms with Crippen LogP contribution in [0.15, 0.2) is 18.2 Å². The Labute approximate surface area is 85.1 Å². The lowest BCUT2D eigenvalue weighted by molar-refractivity contribution is 0.0995. The number of hydrogen-bond donors (Lipinski definition) is 0. The van der Waals surface area contributed by atoms with Gasteiger partial charge in [0.25, 0.3) is 0 Å². The van der Waals surface area contributed by atoms with Crippen LogP contribution in [0.4, 0.5) is 4.39 Å². The van der Waals surface area contributed by atoms with E-state index >= 15 is 0 Å². The highest BCUT2D eigenvalue weighted by molar-refractivity contribution is 9.10. The molecule has 0 aliphatic carbocycles. The SMILES string of the molecule is Cc1c(F)cccc1C(=O)C(C)Br. The van der Waals surface area contributed by atoms with Gasteiger partial charge in [0, 0.05) is 5.56 Å². The van der Waals surface area contributed by atoms with Crippen LogP contribution < -0.4 is 0 Å². The van der Waals surface area contributed by atoms with Crippen LogP contribution in [0.5, 0.6) is 0 Å². The average Bonchev–Trinajstić information content (AvgIpc) is 2.08. The number of benzene rings is 1. The monoisotopic (exact) mass is 244 g/mol. The summed E-state index contributed by atoms with van der Waals surface area (Å²) in [7, 11) is 0. The third kappa shape index (κ3) is 2.15.